The van der Waals surface area contributed by atoms with Gasteiger partial charge in [-0.1, -0.05) is 23.2 Å². The van der Waals surface area contributed by atoms with Crippen molar-refractivity contribution < 1.29 is 13.2 Å². The Hall–Kier alpha value is -0.780. The minimum Gasteiger partial charge on any atom is -0.351 e. The SMILES string of the molecule is CS(=O)(=O)CCNC(=O)c1ccc(Cl)c(Cl)c1. The van der Waals surface area contributed by atoms with Crippen molar-refractivity contribution in [2.75, 3.05) is 18.6 Å². The Morgan fingerprint density at radius 3 is 2.47 bits per heavy atom. The van der Waals surface area contributed by atoms with Crippen molar-refractivity contribution in [2.45, 2.75) is 0 Å². The van der Waals surface area contributed by atoms with Gasteiger partial charge in [-0.15, -0.1) is 0 Å². The van der Waals surface area contributed by atoms with Crippen LogP contribution in [-0.2, 0) is 9.84 Å². The second kappa shape index (κ2) is 5.71. The molecule has 1 N–H and O–H groups in total. The zero-order valence-electron chi connectivity index (χ0n) is 9.04. The summed E-state index contributed by atoms with van der Waals surface area (Å²) in [4.78, 5) is 11.6. The molecule has 1 aromatic carbocycles. The van der Waals surface area contributed by atoms with Gasteiger partial charge in [0, 0.05) is 18.4 Å². The quantitative estimate of drug-likeness (QED) is 0.921. The fourth-order valence-corrected chi connectivity index (χ4v) is 1.86. The summed E-state index contributed by atoms with van der Waals surface area (Å²) < 4.78 is 21.7. The minimum absolute atomic E-state index is 0.0674. The van der Waals surface area contributed by atoms with Crippen LogP contribution in [0.3, 0.4) is 0 Å². The summed E-state index contributed by atoms with van der Waals surface area (Å²) in [5, 5.41) is 3.12. The monoisotopic (exact) mass is 295 g/mol. The maximum absolute atomic E-state index is 11.6. The lowest BCUT2D eigenvalue weighted by atomic mass is 10.2. The van der Waals surface area contributed by atoms with Crippen molar-refractivity contribution in [3.05, 3.63) is 33.8 Å². The van der Waals surface area contributed by atoms with Crippen LogP contribution in [0.25, 0.3) is 0 Å². The summed E-state index contributed by atoms with van der Waals surface area (Å²) >= 11 is 11.5. The minimum atomic E-state index is -3.08. The first-order chi connectivity index (χ1) is 7.79. The van der Waals surface area contributed by atoms with Crippen LogP contribution in [0.2, 0.25) is 10.0 Å². The Balaban J connectivity index is 2.61. The van der Waals surface area contributed by atoms with Crippen molar-refractivity contribution >= 4 is 38.9 Å². The molecule has 0 unspecified atom stereocenters. The molecule has 0 saturated heterocycles. The number of nitrogens with one attached hydrogen (secondary N) is 1. The number of hydrogen-bond donors (Lipinski definition) is 1. The van der Waals surface area contributed by atoms with Crippen LogP contribution in [-0.4, -0.2) is 32.9 Å². The molecule has 0 heterocycles. The Morgan fingerprint density at radius 1 is 1.29 bits per heavy atom. The van der Waals surface area contributed by atoms with Crippen LogP contribution < -0.4 is 5.32 Å². The third-order valence-corrected chi connectivity index (χ3v) is 3.62. The molecule has 17 heavy (non-hydrogen) atoms. The van der Waals surface area contributed by atoms with Crippen molar-refractivity contribution in [3.8, 4) is 0 Å². The molecule has 1 amide bonds. The highest BCUT2D eigenvalue weighted by molar-refractivity contribution is 7.90. The molecule has 0 radical (unpaired) electrons. The van der Waals surface area contributed by atoms with Gasteiger partial charge in [-0.05, 0) is 18.2 Å². The normalized spacial score (nSPS) is 11.2. The first-order valence-electron chi connectivity index (χ1n) is 4.70. The number of rotatable bonds is 4. The van der Waals surface area contributed by atoms with Gasteiger partial charge in [0.25, 0.3) is 5.91 Å². The Morgan fingerprint density at radius 2 is 1.94 bits per heavy atom. The smallest absolute Gasteiger partial charge is 0.251 e. The molecule has 0 saturated carbocycles. The fraction of sp³-hybridized carbons (Fsp3) is 0.300. The molecule has 0 aromatic heterocycles. The van der Waals surface area contributed by atoms with Crippen molar-refractivity contribution in [2.24, 2.45) is 0 Å². The molecule has 0 aliphatic carbocycles. The van der Waals surface area contributed by atoms with Crippen LogP contribution >= 0.6 is 23.2 Å². The van der Waals surface area contributed by atoms with Crippen molar-refractivity contribution in [1.82, 2.24) is 5.32 Å². The third-order valence-electron chi connectivity index (χ3n) is 1.94. The van der Waals surface area contributed by atoms with Crippen molar-refractivity contribution in [3.63, 3.8) is 0 Å². The van der Waals surface area contributed by atoms with E-state index in [0.717, 1.165) is 6.26 Å². The summed E-state index contributed by atoms with van der Waals surface area (Å²) in [6, 6.07) is 4.46. The molecule has 0 spiro atoms. The van der Waals surface area contributed by atoms with E-state index in [0.29, 0.717) is 10.6 Å². The van der Waals surface area contributed by atoms with E-state index in [1.165, 1.54) is 18.2 Å². The maximum Gasteiger partial charge on any atom is 0.251 e. The van der Waals surface area contributed by atoms with Crippen LogP contribution in [0.4, 0.5) is 0 Å². The fourth-order valence-electron chi connectivity index (χ4n) is 1.09. The predicted octanol–water partition coefficient (Wildman–Crippen LogP) is 1.77. The van der Waals surface area contributed by atoms with E-state index in [1.54, 1.807) is 0 Å². The molecule has 0 aliphatic heterocycles. The van der Waals surface area contributed by atoms with Gasteiger partial charge in [-0.3, -0.25) is 4.79 Å². The molecule has 1 rings (SSSR count). The number of carbonyl (C=O) groups excluding carboxylic acids is 1. The lowest BCUT2D eigenvalue weighted by molar-refractivity contribution is 0.0956. The zero-order valence-corrected chi connectivity index (χ0v) is 11.4. The van der Waals surface area contributed by atoms with Gasteiger partial charge < -0.3 is 5.32 Å². The van der Waals surface area contributed by atoms with Crippen LogP contribution in [0, 0.1) is 0 Å². The molecule has 4 nitrogen and oxygen atoms in total. The van der Waals surface area contributed by atoms with E-state index in [1.807, 2.05) is 0 Å². The maximum atomic E-state index is 11.6. The van der Waals surface area contributed by atoms with E-state index in [-0.39, 0.29) is 23.2 Å². The Labute approximate surface area is 110 Å². The molecule has 94 valence electrons. The van der Waals surface area contributed by atoms with Gasteiger partial charge in [-0.2, -0.15) is 0 Å². The summed E-state index contributed by atoms with van der Waals surface area (Å²) in [6.45, 7) is 0.0674. The summed E-state index contributed by atoms with van der Waals surface area (Å²) in [6.07, 6.45) is 1.11. The number of halogens is 2. The van der Waals surface area contributed by atoms with Crippen molar-refractivity contribution in [1.29, 1.82) is 0 Å². The molecule has 0 fully saturated rings. The van der Waals surface area contributed by atoms with Gasteiger partial charge in [0.05, 0.1) is 15.8 Å². The highest BCUT2D eigenvalue weighted by Crippen LogP contribution is 2.22. The molecule has 0 bridgehead atoms. The number of carbonyl (C=O) groups is 1. The van der Waals surface area contributed by atoms with E-state index >= 15 is 0 Å². The topological polar surface area (TPSA) is 63.2 Å². The van der Waals surface area contributed by atoms with Gasteiger partial charge >= 0.3 is 0 Å². The van der Waals surface area contributed by atoms with E-state index in [4.69, 9.17) is 23.2 Å². The summed E-state index contributed by atoms with van der Waals surface area (Å²) in [5.41, 5.74) is 0.341. The zero-order chi connectivity index (χ0) is 13.1. The van der Waals surface area contributed by atoms with Gasteiger partial charge in [0.15, 0.2) is 0 Å². The summed E-state index contributed by atoms with van der Waals surface area (Å²) in [5.74, 6) is -0.479. The van der Waals surface area contributed by atoms with Gasteiger partial charge in [0.1, 0.15) is 9.84 Å². The number of sulfone groups is 1. The van der Waals surface area contributed by atoms with E-state index in [2.05, 4.69) is 5.32 Å². The second-order valence-electron chi connectivity index (χ2n) is 3.51. The average molecular weight is 296 g/mol. The Kier molecular flexibility index (Phi) is 4.80. The predicted molar refractivity (Wildman–Crippen MR) is 68.5 cm³/mol. The molecule has 0 atom stereocenters. The lowest BCUT2D eigenvalue weighted by Crippen LogP contribution is -2.28. The van der Waals surface area contributed by atoms with E-state index < -0.39 is 9.84 Å². The number of hydrogen-bond acceptors (Lipinski definition) is 3. The second-order valence-corrected chi connectivity index (χ2v) is 6.59. The highest BCUT2D eigenvalue weighted by atomic mass is 35.5. The Bertz CT molecular complexity index is 528. The van der Waals surface area contributed by atoms with Gasteiger partial charge in [0.2, 0.25) is 0 Å². The van der Waals surface area contributed by atoms with Crippen LogP contribution in [0.15, 0.2) is 18.2 Å². The molecule has 7 heteroatoms. The first-order valence-corrected chi connectivity index (χ1v) is 7.52. The molecular formula is C10H11Cl2NO3S. The summed E-state index contributed by atoms with van der Waals surface area (Å²) in [7, 11) is -3.08. The largest absolute Gasteiger partial charge is 0.351 e. The standard InChI is InChI=1S/C10H11Cl2NO3S/c1-17(15,16)5-4-13-10(14)7-2-3-8(11)9(12)6-7/h2-3,6H,4-5H2,1H3,(H,13,14). The molecular weight excluding hydrogens is 285 g/mol. The first kappa shape index (κ1) is 14.3. The molecule has 0 aliphatic rings. The average Bonchev–Trinajstić information content (AvgIpc) is 2.20. The number of amides is 1. The van der Waals surface area contributed by atoms with Gasteiger partial charge in [-0.25, -0.2) is 8.42 Å². The number of benzene rings is 1. The third kappa shape index (κ3) is 4.93. The highest BCUT2D eigenvalue weighted by Gasteiger charge is 2.09. The van der Waals surface area contributed by atoms with Crippen LogP contribution in [0.1, 0.15) is 10.4 Å². The van der Waals surface area contributed by atoms with E-state index in [9.17, 15) is 13.2 Å². The molecule has 1 aromatic rings. The van der Waals surface area contributed by atoms with Crippen LogP contribution in [0.5, 0.6) is 0 Å². The lowest BCUT2D eigenvalue weighted by Gasteiger charge is -2.05.